The summed E-state index contributed by atoms with van der Waals surface area (Å²) in [6.45, 7) is 3.19. The number of thiophene rings is 1. The monoisotopic (exact) mass is 342 g/mol. The number of rotatable bonds is 4. The van der Waals surface area contributed by atoms with Crippen LogP contribution in [0.1, 0.15) is 23.0 Å². The lowest BCUT2D eigenvalue weighted by molar-refractivity contribution is 0.0779. The number of hydrogen-bond acceptors (Lipinski definition) is 4. The van der Waals surface area contributed by atoms with Crippen LogP contribution in [0.2, 0.25) is 0 Å². The predicted molar refractivity (Wildman–Crippen MR) is 80.1 cm³/mol. The second-order valence-corrected chi connectivity index (χ2v) is 6.50. The zero-order valence-electron chi connectivity index (χ0n) is 10.8. The Bertz CT molecular complexity index is 592. The largest absolute Gasteiger partial charge is 0.396 e. The van der Waals surface area contributed by atoms with Crippen LogP contribution in [-0.2, 0) is 13.1 Å². The Balaban J connectivity index is 2.12. The van der Waals surface area contributed by atoms with Crippen molar-refractivity contribution in [1.29, 1.82) is 0 Å². The molecule has 102 valence electrons. The van der Waals surface area contributed by atoms with Crippen molar-refractivity contribution >= 4 is 38.9 Å². The molecule has 2 heterocycles. The highest BCUT2D eigenvalue weighted by atomic mass is 79.9. The van der Waals surface area contributed by atoms with Gasteiger partial charge in [0, 0.05) is 26.3 Å². The second-order valence-electron chi connectivity index (χ2n) is 4.21. The summed E-state index contributed by atoms with van der Waals surface area (Å²) < 4.78 is 2.72. The molecule has 19 heavy (non-hydrogen) atoms. The number of nitrogens with two attached hydrogens (primary N) is 1. The van der Waals surface area contributed by atoms with Gasteiger partial charge < -0.3 is 10.6 Å². The van der Waals surface area contributed by atoms with Gasteiger partial charge in [-0.15, -0.1) is 11.3 Å². The summed E-state index contributed by atoms with van der Waals surface area (Å²) >= 11 is 5.01. The van der Waals surface area contributed by atoms with Gasteiger partial charge in [-0.1, -0.05) is 0 Å². The van der Waals surface area contributed by atoms with E-state index >= 15 is 0 Å². The van der Waals surface area contributed by atoms with Gasteiger partial charge >= 0.3 is 0 Å². The van der Waals surface area contributed by atoms with E-state index in [0.717, 1.165) is 9.35 Å². The number of nitrogens with zero attached hydrogens (tertiary/aromatic N) is 3. The molecule has 2 rings (SSSR count). The van der Waals surface area contributed by atoms with Gasteiger partial charge in [0.25, 0.3) is 5.91 Å². The van der Waals surface area contributed by atoms with Gasteiger partial charge in [0.15, 0.2) is 5.69 Å². The van der Waals surface area contributed by atoms with Gasteiger partial charge in [0.2, 0.25) is 0 Å². The van der Waals surface area contributed by atoms with E-state index in [9.17, 15) is 4.79 Å². The fourth-order valence-electron chi connectivity index (χ4n) is 1.72. The van der Waals surface area contributed by atoms with Crippen LogP contribution in [0.15, 0.2) is 21.4 Å². The van der Waals surface area contributed by atoms with Gasteiger partial charge in [0.05, 0.1) is 9.47 Å². The standard InChI is InChI=1S/C12H15BrN4OS/c1-3-17-6-9(14)11(15-17)12(18)16(2)5-8-4-10(13)19-7-8/h4,6-7H,3,5,14H2,1-2H3. The zero-order valence-corrected chi connectivity index (χ0v) is 13.2. The number of amides is 1. The molecule has 0 spiro atoms. The highest BCUT2D eigenvalue weighted by molar-refractivity contribution is 9.11. The van der Waals surface area contributed by atoms with Gasteiger partial charge in [-0.2, -0.15) is 5.10 Å². The van der Waals surface area contributed by atoms with E-state index in [2.05, 4.69) is 21.0 Å². The van der Waals surface area contributed by atoms with Crippen molar-refractivity contribution in [3.63, 3.8) is 0 Å². The normalized spacial score (nSPS) is 10.7. The van der Waals surface area contributed by atoms with E-state index in [4.69, 9.17) is 5.73 Å². The third-order valence-electron chi connectivity index (χ3n) is 2.70. The Kier molecular flexibility index (Phi) is 4.26. The van der Waals surface area contributed by atoms with Crippen LogP contribution in [0.25, 0.3) is 0 Å². The number of aromatic nitrogens is 2. The minimum Gasteiger partial charge on any atom is -0.396 e. The van der Waals surface area contributed by atoms with Crippen LogP contribution >= 0.6 is 27.3 Å². The first-order valence-corrected chi connectivity index (χ1v) is 7.49. The average molecular weight is 343 g/mol. The Morgan fingerprint density at radius 2 is 2.37 bits per heavy atom. The maximum Gasteiger partial charge on any atom is 0.276 e. The molecule has 0 aliphatic heterocycles. The summed E-state index contributed by atoms with van der Waals surface area (Å²) in [5.41, 5.74) is 7.64. The summed E-state index contributed by atoms with van der Waals surface area (Å²) in [4.78, 5) is 13.9. The molecule has 0 aromatic carbocycles. The van der Waals surface area contributed by atoms with Crippen molar-refractivity contribution in [2.45, 2.75) is 20.0 Å². The van der Waals surface area contributed by atoms with Crippen molar-refractivity contribution in [2.24, 2.45) is 0 Å². The molecule has 1 amide bonds. The first-order valence-electron chi connectivity index (χ1n) is 5.82. The topological polar surface area (TPSA) is 64.2 Å². The summed E-state index contributed by atoms with van der Waals surface area (Å²) in [5.74, 6) is -0.160. The van der Waals surface area contributed by atoms with E-state index in [1.807, 2.05) is 18.4 Å². The van der Waals surface area contributed by atoms with Crippen molar-refractivity contribution in [3.05, 3.63) is 32.7 Å². The molecule has 2 aromatic heterocycles. The lowest BCUT2D eigenvalue weighted by atomic mass is 10.3. The maximum absolute atomic E-state index is 12.3. The van der Waals surface area contributed by atoms with E-state index in [1.165, 1.54) is 0 Å². The molecule has 0 radical (unpaired) electrons. The van der Waals surface area contributed by atoms with E-state index in [0.29, 0.717) is 24.5 Å². The third-order valence-corrected chi connectivity index (χ3v) is 4.26. The van der Waals surface area contributed by atoms with Crippen molar-refractivity contribution in [2.75, 3.05) is 12.8 Å². The van der Waals surface area contributed by atoms with E-state index in [1.54, 1.807) is 34.2 Å². The van der Waals surface area contributed by atoms with Crippen molar-refractivity contribution in [3.8, 4) is 0 Å². The van der Waals surface area contributed by atoms with Crippen LogP contribution in [0.4, 0.5) is 5.69 Å². The smallest absolute Gasteiger partial charge is 0.276 e. The summed E-state index contributed by atoms with van der Waals surface area (Å²) in [5, 5.41) is 6.21. The second kappa shape index (κ2) is 5.75. The Morgan fingerprint density at radius 1 is 1.63 bits per heavy atom. The number of halogens is 1. The molecular formula is C12H15BrN4OS. The zero-order chi connectivity index (χ0) is 14.0. The number of nitrogen functional groups attached to an aromatic ring is 1. The molecular weight excluding hydrogens is 328 g/mol. The fraction of sp³-hybridized carbons (Fsp3) is 0.333. The number of anilines is 1. The van der Waals surface area contributed by atoms with Crippen molar-refractivity contribution < 1.29 is 4.79 Å². The minimum absolute atomic E-state index is 0.160. The minimum atomic E-state index is -0.160. The lowest BCUT2D eigenvalue weighted by Crippen LogP contribution is -2.27. The van der Waals surface area contributed by atoms with Crippen LogP contribution in [0.3, 0.4) is 0 Å². The Hall–Kier alpha value is -1.34. The number of aryl methyl sites for hydroxylation is 1. The number of carbonyl (C=O) groups excluding carboxylic acids is 1. The molecule has 2 N–H and O–H groups in total. The van der Waals surface area contributed by atoms with Crippen LogP contribution in [0.5, 0.6) is 0 Å². The molecule has 7 heteroatoms. The molecule has 2 aromatic rings. The van der Waals surface area contributed by atoms with Crippen LogP contribution < -0.4 is 5.73 Å². The molecule has 0 bridgehead atoms. The first-order chi connectivity index (χ1) is 9.01. The predicted octanol–water partition coefficient (Wildman–Crippen LogP) is 2.58. The molecule has 5 nitrogen and oxygen atoms in total. The summed E-state index contributed by atoms with van der Waals surface area (Å²) in [7, 11) is 1.75. The molecule has 0 unspecified atom stereocenters. The van der Waals surface area contributed by atoms with Crippen molar-refractivity contribution in [1.82, 2.24) is 14.7 Å². The quantitative estimate of drug-likeness (QED) is 0.928. The SMILES string of the molecule is CCn1cc(N)c(C(=O)N(C)Cc2csc(Br)c2)n1. The first kappa shape index (κ1) is 14.1. The molecule has 0 fully saturated rings. The highest BCUT2D eigenvalue weighted by Crippen LogP contribution is 2.22. The van der Waals surface area contributed by atoms with Gasteiger partial charge in [0.1, 0.15) is 0 Å². The maximum atomic E-state index is 12.3. The van der Waals surface area contributed by atoms with Gasteiger partial charge in [-0.3, -0.25) is 9.48 Å². The Labute approximate surface area is 124 Å². The highest BCUT2D eigenvalue weighted by Gasteiger charge is 2.19. The molecule has 0 saturated heterocycles. The summed E-state index contributed by atoms with van der Waals surface area (Å²) in [6.07, 6.45) is 1.68. The van der Waals surface area contributed by atoms with Gasteiger partial charge in [-0.25, -0.2) is 0 Å². The molecule has 0 saturated carbocycles. The fourth-order valence-corrected chi connectivity index (χ4v) is 2.92. The lowest BCUT2D eigenvalue weighted by Gasteiger charge is -2.15. The summed E-state index contributed by atoms with van der Waals surface area (Å²) in [6, 6.07) is 2.00. The molecule has 0 aliphatic carbocycles. The average Bonchev–Trinajstić information content (AvgIpc) is 2.94. The van der Waals surface area contributed by atoms with E-state index < -0.39 is 0 Å². The number of hydrogen-bond donors (Lipinski definition) is 1. The van der Waals surface area contributed by atoms with Gasteiger partial charge in [-0.05, 0) is 39.9 Å². The third kappa shape index (κ3) is 3.16. The number of carbonyl (C=O) groups is 1. The molecule has 0 aliphatic rings. The molecule has 0 atom stereocenters. The van der Waals surface area contributed by atoms with E-state index in [-0.39, 0.29) is 5.91 Å². The Morgan fingerprint density at radius 3 is 2.89 bits per heavy atom. The van der Waals surface area contributed by atoms with Crippen LogP contribution in [-0.4, -0.2) is 27.6 Å². The van der Waals surface area contributed by atoms with Crippen LogP contribution in [0, 0.1) is 0 Å².